The third kappa shape index (κ3) is 5.06. The number of rotatable bonds is 7. The molecule has 152 valence electrons. The van der Waals surface area contributed by atoms with E-state index in [1.165, 1.54) is 19.3 Å². The molecule has 1 aliphatic carbocycles. The van der Waals surface area contributed by atoms with Crippen LogP contribution in [0, 0.1) is 5.92 Å². The van der Waals surface area contributed by atoms with Crippen LogP contribution in [0.4, 0.5) is 4.79 Å². The predicted molar refractivity (Wildman–Crippen MR) is 107 cm³/mol. The summed E-state index contributed by atoms with van der Waals surface area (Å²) in [5, 5.41) is 5.54. The van der Waals surface area contributed by atoms with Gasteiger partial charge in [0, 0.05) is 5.70 Å². The quantitative estimate of drug-likeness (QED) is 0.688. The van der Waals surface area contributed by atoms with Crippen molar-refractivity contribution in [2.24, 2.45) is 5.92 Å². The van der Waals surface area contributed by atoms with E-state index in [0.29, 0.717) is 30.4 Å². The number of ether oxygens (including phenoxy) is 2. The van der Waals surface area contributed by atoms with E-state index < -0.39 is 6.04 Å². The molecule has 2 aliphatic rings. The van der Waals surface area contributed by atoms with Crippen LogP contribution in [0.2, 0.25) is 0 Å². The summed E-state index contributed by atoms with van der Waals surface area (Å²) in [5.74, 6) is 0.845. The summed E-state index contributed by atoms with van der Waals surface area (Å²) >= 11 is 0. The van der Waals surface area contributed by atoms with Gasteiger partial charge in [-0.2, -0.15) is 0 Å². The Hall–Kier alpha value is -2.50. The van der Waals surface area contributed by atoms with Crippen molar-refractivity contribution in [1.29, 1.82) is 0 Å². The van der Waals surface area contributed by atoms with Crippen molar-refractivity contribution in [3.05, 3.63) is 41.1 Å². The average molecular weight is 386 g/mol. The number of carbonyl (C=O) groups is 2. The lowest BCUT2D eigenvalue weighted by Gasteiger charge is -2.29. The molecule has 1 aliphatic heterocycles. The maximum atomic E-state index is 12.9. The topological polar surface area (TPSA) is 76.7 Å². The van der Waals surface area contributed by atoms with Gasteiger partial charge in [-0.05, 0) is 49.8 Å². The molecule has 1 heterocycles. The van der Waals surface area contributed by atoms with Crippen molar-refractivity contribution in [3.63, 3.8) is 0 Å². The molecule has 2 amide bonds. The molecular weight excluding hydrogens is 356 g/mol. The number of amides is 2. The summed E-state index contributed by atoms with van der Waals surface area (Å²) in [6.07, 6.45) is 6.84. The summed E-state index contributed by atoms with van der Waals surface area (Å²) in [5.41, 5.74) is 1.81. The molecule has 1 atom stereocenters. The highest BCUT2D eigenvalue weighted by Gasteiger charge is 2.32. The van der Waals surface area contributed by atoms with Crippen molar-refractivity contribution >= 4 is 12.0 Å². The molecule has 1 aromatic carbocycles. The smallest absolute Gasteiger partial charge is 0.338 e. The summed E-state index contributed by atoms with van der Waals surface area (Å²) in [7, 11) is 0. The predicted octanol–water partition coefficient (Wildman–Crippen LogP) is 4.23. The third-order valence-electron chi connectivity index (χ3n) is 5.35. The van der Waals surface area contributed by atoms with Gasteiger partial charge in [0.15, 0.2) is 0 Å². The molecule has 1 fully saturated rings. The van der Waals surface area contributed by atoms with Crippen LogP contribution in [-0.4, -0.2) is 25.2 Å². The Bertz CT molecular complexity index is 721. The maximum Gasteiger partial charge on any atom is 0.338 e. The average Bonchev–Trinajstić information content (AvgIpc) is 2.71. The van der Waals surface area contributed by atoms with Crippen LogP contribution in [0.15, 0.2) is 35.5 Å². The normalized spacial score (nSPS) is 20.4. The molecule has 0 aromatic heterocycles. The zero-order chi connectivity index (χ0) is 19.9. The van der Waals surface area contributed by atoms with E-state index in [0.717, 1.165) is 30.6 Å². The van der Waals surface area contributed by atoms with Crippen LogP contribution in [0.1, 0.15) is 64.0 Å². The van der Waals surface area contributed by atoms with E-state index in [1.54, 1.807) is 6.92 Å². The largest absolute Gasteiger partial charge is 0.494 e. The second-order valence-electron chi connectivity index (χ2n) is 7.59. The highest BCUT2D eigenvalue weighted by molar-refractivity contribution is 5.95. The number of benzene rings is 1. The Morgan fingerprint density at radius 3 is 2.54 bits per heavy atom. The summed E-state index contributed by atoms with van der Waals surface area (Å²) in [4.78, 5) is 24.9. The molecule has 0 radical (unpaired) electrons. The molecule has 3 rings (SSSR count). The van der Waals surface area contributed by atoms with E-state index >= 15 is 0 Å². The van der Waals surface area contributed by atoms with Gasteiger partial charge in [0.25, 0.3) is 0 Å². The van der Waals surface area contributed by atoms with E-state index in [1.807, 2.05) is 24.3 Å². The fourth-order valence-electron chi connectivity index (χ4n) is 3.82. The Kier molecular flexibility index (Phi) is 6.95. The lowest BCUT2D eigenvalue weighted by Crippen LogP contribution is -2.45. The zero-order valence-electron chi connectivity index (χ0n) is 16.8. The van der Waals surface area contributed by atoms with Crippen molar-refractivity contribution < 1.29 is 19.1 Å². The molecule has 6 heteroatoms. The molecule has 28 heavy (non-hydrogen) atoms. The van der Waals surface area contributed by atoms with Gasteiger partial charge in [-0.3, -0.25) is 0 Å². The van der Waals surface area contributed by atoms with Crippen LogP contribution >= 0.6 is 0 Å². The molecule has 1 saturated carbocycles. The van der Waals surface area contributed by atoms with Crippen molar-refractivity contribution in [3.8, 4) is 5.75 Å². The minimum atomic E-state index is -0.534. The van der Waals surface area contributed by atoms with Gasteiger partial charge in [-0.25, -0.2) is 9.59 Å². The van der Waals surface area contributed by atoms with E-state index in [9.17, 15) is 9.59 Å². The molecule has 0 bridgehead atoms. The summed E-state index contributed by atoms with van der Waals surface area (Å²) in [6.45, 7) is 4.89. The number of hydrogen-bond acceptors (Lipinski definition) is 4. The Morgan fingerprint density at radius 1 is 1.14 bits per heavy atom. The fraction of sp³-hybridized carbons (Fsp3) is 0.545. The number of hydrogen-bond donors (Lipinski definition) is 2. The van der Waals surface area contributed by atoms with Gasteiger partial charge < -0.3 is 20.1 Å². The Labute approximate surface area is 166 Å². The van der Waals surface area contributed by atoms with E-state index in [2.05, 4.69) is 17.6 Å². The Balaban J connectivity index is 1.73. The van der Waals surface area contributed by atoms with E-state index in [4.69, 9.17) is 9.47 Å². The minimum Gasteiger partial charge on any atom is -0.494 e. The van der Waals surface area contributed by atoms with Gasteiger partial charge in [-0.15, -0.1) is 0 Å². The number of urea groups is 1. The summed E-state index contributed by atoms with van der Waals surface area (Å²) in [6, 6.07) is 6.62. The lowest BCUT2D eigenvalue weighted by atomic mass is 9.90. The molecular formula is C22H30N2O4. The Morgan fingerprint density at radius 2 is 1.86 bits per heavy atom. The fourth-order valence-corrected chi connectivity index (χ4v) is 3.82. The van der Waals surface area contributed by atoms with Crippen LogP contribution < -0.4 is 15.4 Å². The van der Waals surface area contributed by atoms with Crippen molar-refractivity contribution in [2.75, 3.05) is 13.2 Å². The van der Waals surface area contributed by atoms with Crippen LogP contribution in [0.3, 0.4) is 0 Å². The highest BCUT2D eigenvalue weighted by Crippen LogP contribution is 2.30. The molecule has 1 aromatic rings. The molecule has 0 unspecified atom stereocenters. The molecule has 6 nitrogen and oxygen atoms in total. The van der Waals surface area contributed by atoms with Gasteiger partial charge in [0.05, 0.1) is 24.8 Å². The number of carbonyl (C=O) groups excluding carboxylic acids is 2. The van der Waals surface area contributed by atoms with Crippen LogP contribution in [-0.2, 0) is 9.53 Å². The first-order chi connectivity index (χ1) is 13.6. The van der Waals surface area contributed by atoms with Crippen LogP contribution in [0.25, 0.3) is 0 Å². The highest BCUT2D eigenvalue weighted by atomic mass is 16.5. The maximum absolute atomic E-state index is 12.9. The zero-order valence-corrected chi connectivity index (χ0v) is 16.8. The first-order valence-electron chi connectivity index (χ1n) is 10.3. The van der Waals surface area contributed by atoms with Crippen molar-refractivity contribution in [2.45, 2.75) is 58.4 Å². The molecule has 0 saturated heterocycles. The van der Waals surface area contributed by atoms with E-state index in [-0.39, 0.29) is 12.0 Å². The summed E-state index contributed by atoms with van der Waals surface area (Å²) < 4.78 is 11.3. The molecule has 0 spiro atoms. The van der Waals surface area contributed by atoms with Gasteiger partial charge in [0.2, 0.25) is 0 Å². The van der Waals surface area contributed by atoms with Gasteiger partial charge in [0.1, 0.15) is 5.75 Å². The standard InChI is InChI=1S/C22H30N2O4/c1-3-13-27-18-11-9-17(10-12-18)20-19(15(2)23-22(26)24-20)21(25)28-14-16-7-5-4-6-8-16/h9-12,16,20H,3-8,13-14H2,1-2H3,(H2,23,24,26)/t20-/m1/s1. The van der Waals surface area contributed by atoms with Crippen molar-refractivity contribution in [1.82, 2.24) is 10.6 Å². The van der Waals surface area contributed by atoms with Gasteiger partial charge >= 0.3 is 12.0 Å². The SMILES string of the molecule is CCCOc1ccc([C@H]2NC(=O)NC(C)=C2C(=O)OCC2CCCCC2)cc1. The first kappa shape index (κ1) is 20.2. The number of esters is 1. The monoisotopic (exact) mass is 386 g/mol. The molecule has 2 N–H and O–H groups in total. The van der Waals surface area contributed by atoms with Crippen LogP contribution in [0.5, 0.6) is 5.75 Å². The third-order valence-corrected chi connectivity index (χ3v) is 5.35. The first-order valence-corrected chi connectivity index (χ1v) is 10.3. The van der Waals surface area contributed by atoms with Gasteiger partial charge in [-0.1, -0.05) is 38.3 Å². The minimum absolute atomic E-state index is 0.322. The number of allylic oxidation sites excluding steroid dienone is 1. The number of nitrogens with one attached hydrogen (secondary N) is 2. The second-order valence-corrected chi connectivity index (χ2v) is 7.59. The lowest BCUT2D eigenvalue weighted by molar-refractivity contribution is -0.141. The second kappa shape index (κ2) is 9.62.